The first kappa shape index (κ1) is 18.3. The minimum Gasteiger partial charge on any atom is -0.355 e. The molecule has 1 aliphatic heterocycles. The van der Waals surface area contributed by atoms with Crippen molar-refractivity contribution in [2.45, 2.75) is 19.4 Å². The summed E-state index contributed by atoms with van der Waals surface area (Å²) >= 11 is 0. The standard InChI is InChI=1S/C19H20F2N6O/c1-25(11-14-2-3-15(20)10-16(14)21)19(28)13-6-8-26(9-7-13)18-5-4-17-23-22-12-27(17)24-18/h2-5,10,12-13H,6-9,11H2,1H3. The van der Waals surface area contributed by atoms with E-state index in [1.807, 2.05) is 12.1 Å². The predicted octanol–water partition coefficient (Wildman–Crippen LogP) is 2.28. The quantitative estimate of drug-likeness (QED) is 0.688. The van der Waals surface area contributed by atoms with Gasteiger partial charge in [-0.2, -0.15) is 4.52 Å². The van der Waals surface area contributed by atoms with E-state index in [4.69, 9.17) is 0 Å². The Kier molecular flexibility index (Phi) is 4.89. The molecule has 0 unspecified atom stereocenters. The fourth-order valence-corrected chi connectivity index (χ4v) is 3.54. The largest absolute Gasteiger partial charge is 0.355 e. The predicted molar refractivity (Wildman–Crippen MR) is 98.6 cm³/mol. The summed E-state index contributed by atoms with van der Waals surface area (Å²) in [5, 5.41) is 12.2. The second kappa shape index (κ2) is 7.49. The van der Waals surface area contributed by atoms with Gasteiger partial charge in [0.1, 0.15) is 23.8 Å². The van der Waals surface area contributed by atoms with Crippen LogP contribution in [0.2, 0.25) is 0 Å². The van der Waals surface area contributed by atoms with E-state index < -0.39 is 11.6 Å². The van der Waals surface area contributed by atoms with Gasteiger partial charge in [-0.1, -0.05) is 6.07 Å². The SMILES string of the molecule is CN(Cc1ccc(F)cc1F)C(=O)C1CCN(c2ccc3nncn3n2)CC1. The molecule has 0 saturated carbocycles. The number of benzene rings is 1. The smallest absolute Gasteiger partial charge is 0.225 e. The lowest BCUT2D eigenvalue weighted by atomic mass is 9.95. The van der Waals surface area contributed by atoms with Crippen LogP contribution in [-0.4, -0.2) is 50.8 Å². The van der Waals surface area contributed by atoms with Crippen LogP contribution in [0.5, 0.6) is 0 Å². The van der Waals surface area contributed by atoms with Crippen molar-refractivity contribution in [3.8, 4) is 0 Å². The van der Waals surface area contributed by atoms with Gasteiger partial charge in [0.25, 0.3) is 0 Å². The Balaban J connectivity index is 1.36. The Morgan fingerprint density at radius 2 is 2.00 bits per heavy atom. The molecule has 0 radical (unpaired) electrons. The Labute approximate surface area is 160 Å². The molecule has 0 N–H and O–H groups in total. The zero-order valence-corrected chi connectivity index (χ0v) is 15.4. The number of fused-ring (bicyclic) bond motifs is 1. The van der Waals surface area contributed by atoms with E-state index in [2.05, 4.69) is 20.2 Å². The zero-order valence-electron chi connectivity index (χ0n) is 15.4. The molecule has 3 aromatic rings. The number of anilines is 1. The second-order valence-electron chi connectivity index (χ2n) is 7.02. The number of amides is 1. The van der Waals surface area contributed by atoms with Crippen LogP contribution >= 0.6 is 0 Å². The molecule has 0 bridgehead atoms. The maximum atomic E-state index is 13.8. The summed E-state index contributed by atoms with van der Waals surface area (Å²) in [5.74, 6) is -0.584. The lowest BCUT2D eigenvalue weighted by Gasteiger charge is -2.33. The first-order valence-corrected chi connectivity index (χ1v) is 9.12. The maximum Gasteiger partial charge on any atom is 0.225 e. The molecule has 1 fully saturated rings. The van der Waals surface area contributed by atoms with Crippen LogP contribution in [0.3, 0.4) is 0 Å². The summed E-state index contributed by atoms with van der Waals surface area (Å²) in [6.07, 6.45) is 2.94. The highest BCUT2D eigenvalue weighted by Crippen LogP contribution is 2.24. The molecule has 28 heavy (non-hydrogen) atoms. The van der Waals surface area contributed by atoms with Crippen molar-refractivity contribution >= 4 is 17.4 Å². The van der Waals surface area contributed by atoms with Gasteiger partial charge in [0.2, 0.25) is 5.91 Å². The van der Waals surface area contributed by atoms with E-state index in [1.54, 1.807) is 17.9 Å². The van der Waals surface area contributed by atoms with Crippen molar-refractivity contribution < 1.29 is 13.6 Å². The Morgan fingerprint density at radius 3 is 2.75 bits per heavy atom. The summed E-state index contributed by atoms with van der Waals surface area (Å²) in [4.78, 5) is 16.4. The first-order chi connectivity index (χ1) is 13.5. The zero-order chi connectivity index (χ0) is 19.7. The van der Waals surface area contributed by atoms with Crippen molar-refractivity contribution in [3.63, 3.8) is 0 Å². The van der Waals surface area contributed by atoms with Crippen molar-refractivity contribution in [3.05, 3.63) is 53.9 Å². The van der Waals surface area contributed by atoms with E-state index in [0.29, 0.717) is 37.1 Å². The fraction of sp³-hybridized carbons (Fsp3) is 0.368. The van der Waals surface area contributed by atoms with Gasteiger partial charge in [0, 0.05) is 44.2 Å². The van der Waals surface area contributed by atoms with Crippen LogP contribution in [0.25, 0.3) is 5.65 Å². The molecular weight excluding hydrogens is 366 g/mol. The van der Waals surface area contributed by atoms with Crippen molar-refractivity contribution in [1.29, 1.82) is 0 Å². The van der Waals surface area contributed by atoms with Gasteiger partial charge in [-0.05, 0) is 31.0 Å². The maximum absolute atomic E-state index is 13.8. The van der Waals surface area contributed by atoms with E-state index in [0.717, 1.165) is 11.9 Å². The molecule has 1 aliphatic rings. The fourth-order valence-electron chi connectivity index (χ4n) is 3.54. The highest BCUT2D eigenvalue weighted by Gasteiger charge is 2.28. The summed E-state index contributed by atoms with van der Waals surface area (Å²) in [6.45, 7) is 1.53. The molecule has 7 nitrogen and oxygen atoms in total. The summed E-state index contributed by atoms with van der Waals surface area (Å²) in [6, 6.07) is 7.18. The molecule has 3 heterocycles. The number of halogens is 2. The van der Waals surface area contributed by atoms with Crippen molar-refractivity contribution in [2.24, 2.45) is 5.92 Å². The average Bonchev–Trinajstić information content (AvgIpc) is 3.17. The molecule has 4 rings (SSSR count). The number of carbonyl (C=O) groups is 1. The van der Waals surface area contributed by atoms with Gasteiger partial charge in [-0.3, -0.25) is 4.79 Å². The van der Waals surface area contributed by atoms with Crippen molar-refractivity contribution in [1.82, 2.24) is 24.7 Å². The van der Waals surface area contributed by atoms with Crippen LogP contribution in [0.1, 0.15) is 18.4 Å². The van der Waals surface area contributed by atoms with Crippen LogP contribution < -0.4 is 4.90 Å². The summed E-state index contributed by atoms with van der Waals surface area (Å²) < 4.78 is 28.5. The highest BCUT2D eigenvalue weighted by molar-refractivity contribution is 5.79. The molecule has 0 atom stereocenters. The number of nitrogens with zero attached hydrogens (tertiary/aromatic N) is 6. The van der Waals surface area contributed by atoms with Crippen LogP contribution in [0.4, 0.5) is 14.6 Å². The van der Waals surface area contributed by atoms with E-state index in [1.165, 1.54) is 17.0 Å². The first-order valence-electron chi connectivity index (χ1n) is 9.12. The molecule has 1 amide bonds. The Morgan fingerprint density at radius 1 is 1.21 bits per heavy atom. The molecule has 146 valence electrons. The van der Waals surface area contributed by atoms with E-state index >= 15 is 0 Å². The van der Waals surface area contributed by atoms with Crippen LogP contribution in [0.15, 0.2) is 36.7 Å². The molecule has 0 aliphatic carbocycles. The third kappa shape index (κ3) is 3.64. The normalized spacial score (nSPS) is 15.2. The molecular formula is C19H20F2N6O. The van der Waals surface area contributed by atoms with Crippen LogP contribution in [-0.2, 0) is 11.3 Å². The highest BCUT2D eigenvalue weighted by atomic mass is 19.1. The van der Waals surface area contributed by atoms with E-state index in [-0.39, 0.29) is 18.4 Å². The van der Waals surface area contributed by atoms with Crippen molar-refractivity contribution in [2.75, 3.05) is 25.0 Å². The van der Waals surface area contributed by atoms with Gasteiger partial charge in [0.05, 0.1) is 0 Å². The second-order valence-corrected chi connectivity index (χ2v) is 7.02. The van der Waals surface area contributed by atoms with Gasteiger partial charge in [-0.15, -0.1) is 15.3 Å². The molecule has 1 saturated heterocycles. The topological polar surface area (TPSA) is 66.6 Å². The minimum absolute atomic E-state index is 0.0226. The molecule has 9 heteroatoms. The molecule has 1 aromatic carbocycles. The average molecular weight is 386 g/mol. The number of carbonyl (C=O) groups excluding carboxylic acids is 1. The lowest BCUT2D eigenvalue weighted by Crippen LogP contribution is -2.41. The molecule has 0 spiro atoms. The number of rotatable bonds is 4. The minimum atomic E-state index is -0.634. The third-order valence-corrected chi connectivity index (χ3v) is 5.11. The van der Waals surface area contributed by atoms with Gasteiger partial charge in [-0.25, -0.2) is 8.78 Å². The third-order valence-electron chi connectivity index (χ3n) is 5.11. The monoisotopic (exact) mass is 386 g/mol. The number of hydrogen-bond donors (Lipinski definition) is 0. The number of piperidine rings is 1. The number of aromatic nitrogens is 4. The van der Waals surface area contributed by atoms with Gasteiger partial charge >= 0.3 is 0 Å². The number of hydrogen-bond acceptors (Lipinski definition) is 5. The van der Waals surface area contributed by atoms with E-state index in [9.17, 15) is 13.6 Å². The van der Waals surface area contributed by atoms with Crippen LogP contribution in [0, 0.1) is 17.6 Å². The Bertz CT molecular complexity index is 999. The summed E-state index contributed by atoms with van der Waals surface area (Å²) in [5.41, 5.74) is 0.990. The lowest BCUT2D eigenvalue weighted by molar-refractivity contribution is -0.135. The van der Waals surface area contributed by atoms with Gasteiger partial charge < -0.3 is 9.80 Å². The van der Waals surface area contributed by atoms with Gasteiger partial charge in [0.15, 0.2) is 5.65 Å². The summed E-state index contributed by atoms with van der Waals surface area (Å²) in [7, 11) is 1.65. The molecule has 2 aromatic heterocycles. The Hall–Kier alpha value is -3.10.